The zero-order valence-corrected chi connectivity index (χ0v) is 17.1. The summed E-state index contributed by atoms with van der Waals surface area (Å²) in [5, 5.41) is 2.89. The molecule has 0 bridgehead atoms. The number of aromatic nitrogens is 2. The molecule has 0 spiro atoms. The Labute approximate surface area is 176 Å². The number of amides is 1. The van der Waals surface area contributed by atoms with Crippen LogP contribution in [-0.2, 0) is 17.9 Å². The van der Waals surface area contributed by atoms with Crippen molar-refractivity contribution in [1.82, 2.24) is 14.5 Å². The second-order valence-electron chi connectivity index (χ2n) is 6.72. The van der Waals surface area contributed by atoms with Crippen molar-refractivity contribution in [2.45, 2.75) is 29.1 Å². The third kappa shape index (κ3) is 6.64. The van der Waals surface area contributed by atoms with Gasteiger partial charge in [-0.25, -0.2) is 4.98 Å². The second-order valence-corrected chi connectivity index (χ2v) is 7.83. The number of imidazole rings is 1. The Bertz CT molecular complexity index is 976. The number of carbonyl (C=O) groups is 1. The molecule has 0 aliphatic carbocycles. The number of alkyl halides is 3. The number of halogens is 3. The summed E-state index contributed by atoms with van der Waals surface area (Å²) in [6, 6.07) is 17.3. The Morgan fingerprint density at radius 1 is 1.13 bits per heavy atom. The molecule has 2 aromatic carbocycles. The van der Waals surface area contributed by atoms with Crippen LogP contribution in [0, 0.1) is 0 Å². The van der Waals surface area contributed by atoms with E-state index < -0.39 is 12.7 Å². The summed E-state index contributed by atoms with van der Waals surface area (Å²) < 4.78 is 39.0. The largest absolute Gasteiger partial charge is 0.406 e. The highest BCUT2D eigenvalue weighted by Crippen LogP contribution is 2.33. The average Bonchev–Trinajstić information content (AvgIpc) is 3.08. The van der Waals surface area contributed by atoms with Crippen molar-refractivity contribution >= 4 is 23.4 Å². The highest BCUT2D eigenvalue weighted by Gasteiger charge is 2.29. The number of para-hydroxylation sites is 1. The van der Waals surface area contributed by atoms with Crippen LogP contribution >= 0.6 is 11.8 Å². The Hall–Kier alpha value is -2.78. The molecule has 0 atom stereocenters. The van der Waals surface area contributed by atoms with Gasteiger partial charge in [-0.05, 0) is 31.3 Å². The standard InChI is InChI=1S/C21H21F3N4OS/c1-27(13-19-25-11-12-28(19)15-21(22,23)24)14-20(29)26-17-9-5-6-10-18(17)30-16-7-3-2-4-8-16/h2-12H,13-15H2,1H3,(H,26,29). The number of benzene rings is 2. The van der Waals surface area contributed by atoms with E-state index in [4.69, 9.17) is 0 Å². The number of carbonyl (C=O) groups excluding carboxylic acids is 1. The van der Waals surface area contributed by atoms with Gasteiger partial charge in [0, 0.05) is 22.2 Å². The van der Waals surface area contributed by atoms with Gasteiger partial charge in [0.25, 0.3) is 0 Å². The first-order valence-corrected chi connectivity index (χ1v) is 9.99. The van der Waals surface area contributed by atoms with E-state index in [9.17, 15) is 18.0 Å². The molecule has 0 fully saturated rings. The molecule has 5 nitrogen and oxygen atoms in total. The maximum atomic E-state index is 12.7. The van der Waals surface area contributed by atoms with Crippen molar-refractivity contribution in [2.24, 2.45) is 0 Å². The van der Waals surface area contributed by atoms with Gasteiger partial charge in [-0.3, -0.25) is 9.69 Å². The summed E-state index contributed by atoms with van der Waals surface area (Å²) in [4.78, 5) is 20.1. The van der Waals surface area contributed by atoms with Gasteiger partial charge in [-0.1, -0.05) is 42.1 Å². The van der Waals surface area contributed by atoms with Crippen molar-refractivity contribution in [3.8, 4) is 0 Å². The van der Waals surface area contributed by atoms with Crippen molar-refractivity contribution in [3.63, 3.8) is 0 Å². The van der Waals surface area contributed by atoms with Gasteiger partial charge in [0.1, 0.15) is 12.4 Å². The number of hydrogen-bond donors (Lipinski definition) is 1. The fourth-order valence-electron chi connectivity index (χ4n) is 2.84. The van der Waals surface area contributed by atoms with E-state index in [1.807, 2.05) is 54.6 Å². The summed E-state index contributed by atoms with van der Waals surface area (Å²) in [6.45, 7) is -0.966. The van der Waals surface area contributed by atoms with Crippen LogP contribution in [0.25, 0.3) is 0 Å². The van der Waals surface area contributed by atoms with Gasteiger partial charge in [0.2, 0.25) is 5.91 Å². The van der Waals surface area contributed by atoms with Crippen molar-refractivity contribution in [3.05, 3.63) is 72.8 Å². The van der Waals surface area contributed by atoms with Crippen LogP contribution < -0.4 is 5.32 Å². The number of nitrogens with one attached hydrogen (secondary N) is 1. The van der Waals surface area contributed by atoms with Gasteiger partial charge in [-0.2, -0.15) is 13.2 Å². The van der Waals surface area contributed by atoms with E-state index >= 15 is 0 Å². The molecule has 9 heteroatoms. The molecule has 1 heterocycles. The molecule has 3 aromatic rings. The predicted molar refractivity (Wildman–Crippen MR) is 110 cm³/mol. The number of anilines is 1. The monoisotopic (exact) mass is 434 g/mol. The van der Waals surface area contributed by atoms with Gasteiger partial charge >= 0.3 is 6.18 Å². The zero-order valence-electron chi connectivity index (χ0n) is 16.3. The third-order valence-electron chi connectivity index (χ3n) is 4.11. The average molecular weight is 434 g/mol. The molecule has 0 aliphatic heterocycles. The summed E-state index contributed by atoms with van der Waals surface area (Å²) in [7, 11) is 1.66. The first kappa shape index (κ1) is 21.9. The minimum absolute atomic E-state index is 0.0171. The van der Waals surface area contributed by atoms with E-state index in [1.54, 1.807) is 11.9 Å². The molecule has 3 rings (SSSR count). The van der Waals surface area contributed by atoms with Crippen molar-refractivity contribution < 1.29 is 18.0 Å². The van der Waals surface area contributed by atoms with Crippen LogP contribution in [-0.4, -0.2) is 40.1 Å². The third-order valence-corrected chi connectivity index (χ3v) is 5.19. The lowest BCUT2D eigenvalue weighted by atomic mass is 10.3. The Morgan fingerprint density at radius 2 is 1.83 bits per heavy atom. The SMILES string of the molecule is CN(CC(=O)Nc1ccccc1Sc1ccccc1)Cc1nccn1CC(F)(F)F. The van der Waals surface area contributed by atoms with E-state index in [0.717, 1.165) is 14.4 Å². The lowest BCUT2D eigenvalue weighted by molar-refractivity contribution is -0.141. The van der Waals surface area contributed by atoms with Crippen LogP contribution in [0.4, 0.5) is 18.9 Å². The van der Waals surface area contributed by atoms with Gasteiger partial charge in [0.15, 0.2) is 0 Å². The molecule has 1 N–H and O–H groups in total. The Balaban J connectivity index is 1.59. The highest BCUT2D eigenvalue weighted by atomic mass is 32.2. The van der Waals surface area contributed by atoms with E-state index in [2.05, 4.69) is 10.3 Å². The summed E-state index contributed by atoms with van der Waals surface area (Å²) >= 11 is 1.54. The minimum Gasteiger partial charge on any atom is -0.325 e. The van der Waals surface area contributed by atoms with Crippen LogP contribution in [0.1, 0.15) is 5.82 Å². The molecule has 0 saturated carbocycles. The Morgan fingerprint density at radius 3 is 2.57 bits per heavy atom. The molecule has 0 saturated heterocycles. The first-order valence-electron chi connectivity index (χ1n) is 9.17. The van der Waals surface area contributed by atoms with Gasteiger partial charge in [-0.15, -0.1) is 0 Å². The predicted octanol–water partition coefficient (Wildman–Crippen LogP) is 4.67. The number of rotatable bonds is 8. The van der Waals surface area contributed by atoms with E-state index in [0.29, 0.717) is 5.69 Å². The first-order chi connectivity index (χ1) is 14.3. The minimum atomic E-state index is -4.33. The molecule has 1 amide bonds. The van der Waals surface area contributed by atoms with E-state index in [1.165, 1.54) is 24.2 Å². The van der Waals surface area contributed by atoms with Crippen LogP contribution in [0.15, 0.2) is 76.8 Å². The lowest BCUT2D eigenvalue weighted by Crippen LogP contribution is -2.31. The second kappa shape index (κ2) is 9.82. The Kier molecular flexibility index (Phi) is 7.17. The molecule has 0 unspecified atom stereocenters. The lowest BCUT2D eigenvalue weighted by Gasteiger charge is -2.18. The van der Waals surface area contributed by atoms with Crippen molar-refractivity contribution in [2.75, 3.05) is 18.9 Å². The number of nitrogens with zero attached hydrogens (tertiary/aromatic N) is 3. The smallest absolute Gasteiger partial charge is 0.325 e. The molecule has 0 radical (unpaired) electrons. The molecule has 30 heavy (non-hydrogen) atoms. The molecule has 158 valence electrons. The maximum absolute atomic E-state index is 12.7. The summed E-state index contributed by atoms with van der Waals surface area (Å²) in [5.74, 6) is -0.00445. The highest BCUT2D eigenvalue weighted by molar-refractivity contribution is 7.99. The number of hydrogen-bond acceptors (Lipinski definition) is 4. The van der Waals surface area contributed by atoms with E-state index in [-0.39, 0.29) is 24.8 Å². The molecular formula is C21H21F3N4OS. The quantitative estimate of drug-likeness (QED) is 0.560. The van der Waals surface area contributed by atoms with Crippen molar-refractivity contribution in [1.29, 1.82) is 0 Å². The fraction of sp³-hybridized carbons (Fsp3) is 0.238. The normalized spacial score (nSPS) is 11.6. The fourth-order valence-corrected chi connectivity index (χ4v) is 3.76. The van der Waals surface area contributed by atoms with Crippen LogP contribution in [0.2, 0.25) is 0 Å². The zero-order chi connectivity index (χ0) is 21.6. The number of likely N-dealkylation sites (N-methyl/N-ethyl adjacent to an activating group) is 1. The van der Waals surface area contributed by atoms with Crippen LogP contribution in [0.5, 0.6) is 0 Å². The molecular weight excluding hydrogens is 413 g/mol. The van der Waals surface area contributed by atoms with Gasteiger partial charge < -0.3 is 9.88 Å². The topological polar surface area (TPSA) is 50.2 Å². The van der Waals surface area contributed by atoms with Gasteiger partial charge in [0.05, 0.1) is 18.8 Å². The maximum Gasteiger partial charge on any atom is 0.406 e. The summed E-state index contributed by atoms with van der Waals surface area (Å²) in [5.41, 5.74) is 0.684. The molecule has 1 aromatic heterocycles. The molecule has 0 aliphatic rings. The summed E-state index contributed by atoms with van der Waals surface area (Å²) in [6.07, 6.45) is -1.72. The van der Waals surface area contributed by atoms with Crippen LogP contribution in [0.3, 0.4) is 0 Å².